The molecule has 1 aromatic heterocycles. The van der Waals surface area contributed by atoms with Crippen LogP contribution in [0.25, 0.3) is 11.0 Å². The Morgan fingerprint density at radius 2 is 1.96 bits per heavy atom. The van der Waals surface area contributed by atoms with Crippen LogP contribution in [0, 0.1) is 6.92 Å². The largest absolute Gasteiger partial charge is 0.495 e. The van der Waals surface area contributed by atoms with Gasteiger partial charge < -0.3 is 15.0 Å². The quantitative estimate of drug-likeness (QED) is 0.699. The van der Waals surface area contributed by atoms with E-state index in [9.17, 15) is 8.42 Å². The summed E-state index contributed by atoms with van der Waals surface area (Å²) in [5, 5.41) is 3.68. The van der Waals surface area contributed by atoms with Gasteiger partial charge in [0.25, 0.3) is 10.0 Å². The Morgan fingerprint density at radius 1 is 1.21 bits per heavy atom. The van der Waals surface area contributed by atoms with Gasteiger partial charge in [-0.25, -0.2) is 17.4 Å². The zero-order valence-electron chi connectivity index (χ0n) is 15.6. The van der Waals surface area contributed by atoms with Gasteiger partial charge in [0.05, 0.1) is 18.3 Å². The highest BCUT2D eigenvalue weighted by molar-refractivity contribution is 7.90. The minimum atomic E-state index is -3.94. The number of aromatic nitrogens is 2. The van der Waals surface area contributed by atoms with E-state index in [1.165, 1.54) is 23.5 Å². The van der Waals surface area contributed by atoms with E-state index in [0.29, 0.717) is 16.1 Å². The van der Waals surface area contributed by atoms with E-state index in [-0.39, 0.29) is 10.6 Å². The van der Waals surface area contributed by atoms with Gasteiger partial charge >= 0.3 is 0 Å². The summed E-state index contributed by atoms with van der Waals surface area (Å²) in [5.41, 5.74) is 2.86. The number of piperazine rings is 1. The summed E-state index contributed by atoms with van der Waals surface area (Å²) in [5.74, 6) is 0.252. The highest BCUT2D eigenvalue weighted by Gasteiger charge is 2.26. The maximum absolute atomic E-state index is 13.4. The number of hydrogen-bond acceptors (Lipinski definition) is 6. The number of aryl methyl sites for hydroxylation is 1. The topological polar surface area (TPSA) is 76.5 Å². The number of halogens is 1. The molecule has 0 saturated carbocycles. The van der Waals surface area contributed by atoms with E-state index in [1.807, 2.05) is 12.1 Å². The Labute approximate surface area is 168 Å². The van der Waals surface area contributed by atoms with Crippen LogP contribution in [0.1, 0.15) is 5.56 Å². The molecule has 1 aliphatic rings. The number of nitrogens with one attached hydrogen (secondary N) is 1. The van der Waals surface area contributed by atoms with Crippen molar-refractivity contribution in [3.05, 3.63) is 47.2 Å². The second-order valence-corrected chi connectivity index (χ2v) is 8.87. The summed E-state index contributed by atoms with van der Waals surface area (Å²) in [4.78, 5) is 6.65. The van der Waals surface area contributed by atoms with E-state index in [2.05, 4.69) is 15.2 Å². The summed E-state index contributed by atoms with van der Waals surface area (Å²) in [7, 11) is -2.50. The van der Waals surface area contributed by atoms with Crippen LogP contribution < -0.4 is 15.0 Å². The maximum Gasteiger partial charge on any atom is 0.273 e. The van der Waals surface area contributed by atoms with Crippen LogP contribution in [-0.2, 0) is 10.0 Å². The molecule has 4 rings (SSSR count). The fourth-order valence-corrected chi connectivity index (χ4v) is 5.14. The van der Waals surface area contributed by atoms with Crippen LogP contribution in [0.15, 0.2) is 41.6 Å². The average molecular weight is 421 g/mol. The Hall–Kier alpha value is -2.29. The van der Waals surface area contributed by atoms with Crippen molar-refractivity contribution in [3.8, 4) is 5.75 Å². The summed E-state index contributed by atoms with van der Waals surface area (Å²) >= 11 is 6.20. The molecule has 9 heteroatoms. The lowest BCUT2D eigenvalue weighted by atomic mass is 10.2. The van der Waals surface area contributed by atoms with Gasteiger partial charge in [0, 0.05) is 31.2 Å². The average Bonchev–Trinajstić information content (AvgIpc) is 3.15. The molecular weight excluding hydrogens is 400 g/mol. The first-order valence-electron chi connectivity index (χ1n) is 8.95. The van der Waals surface area contributed by atoms with E-state index in [1.54, 1.807) is 19.1 Å². The molecule has 148 valence electrons. The fourth-order valence-electron chi connectivity index (χ4n) is 3.46. The Balaban J connectivity index is 1.87. The lowest BCUT2D eigenvalue weighted by Crippen LogP contribution is -2.43. The molecule has 1 aliphatic heterocycles. The molecule has 1 fully saturated rings. The number of benzene rings is 2. The third-order valence-electron chi connectivity index (χ3n) is 4.96. The number of nitrogens with zero attached hydrogens (tertiary/aromatic N) is 3. The second kappa shape index (κ2) is 7.27. The smallest absolute Gasteiger partial charge is 0.273 e. The van der Waals surface area contributed by atoms with Gasteiger partial charge in [-0.1, -0.05) is 17.7 Å². The normalized spacial score (nSPS) is 15.2. The number of para-hydroxylation sites is 1. The number of imidazole rings is 1. The predicted octanol–water partition coefficient (Wildman–Crippen LogP) is 2.65. The molecular formula is C19H21ClN4O3S. The van der Waals surface area contributed by atoms with Gasteiger partial charge in [-0.05, 0) is 36.8 Å². The molecule has 2 aromatic carbocycles. The van der Waals surface area contributed by atoms with Gasteiger partial charge in [0.15, 0.2) is 0 Å². The van der Waals surface area contributed by atoms with Crippen molar-refractivity contribution in [1.82, 2.24) is 14.3 Å². The molecule has 1 N–H and O–H groups in total. The van der Waals surface area contributed by atoms with Gasteiger partial charge in [-0.15, -0.1) is 0 Å². The van der Waals surface area contributed by atoms with Crippen molar-refractivity contribution in [2.45, 2.75) is 11.8 Å². The number of fused-ring (bicyclic) bond motifs is 1. The van der Waals surface area contributed by atoms with E-state index in [4.69, 9.17) is 16.3 Å². The predicted molar refractivity (Wildman–Crippen MR) is 110 cm³/mol. The first-order chi connectivity index (χ1) is 13.4. The molecule has 0 spiro atoms. The van der Waals surface area contributed by atoms with Crippen LogP contribution in [0.3, 0.4) is 0 Å². The minimum Gasteiger partial charge on any atom is -0.495 e. The van der Waals surface area contributed by atoms with Crippen molar-refractivity contribution >= 4 is 38.3 Å². The number of methoxy groups -OCH3 is 1. The molecule has 2 heterocycles. The van der Waals surface area contributed by atoms with Gasteiger partial charge in [-0.2, -0.15) is 0 Å². The van der Waals surface area contributed by atoms with Crippen LogP contribution >= 0.6 is 11.6 Å². The monoisotopic (exact) mass is 420 g/mol. The van der Waals surface area contributed by atoms with Crippen molar-refractivity contribution in [3.63, 3.8) is 0 Å². The molecule has 1 saturated heterocycles. The van der Waals surface area contributed by atoms with Gasteiger partial charge in [0.2, 0.25) is 0 Å². The summed E-state index contributed by atoms with van der Waals surface area (Å²) in [6, 6.07) is 8.64. The van der Waals surface area contributed by atoms with Crippen LogP contribution in [0.5, 0.6) is 5.75 Å². The highest BCUT2D eigenvalue weighted by atomic mass is 35.5. The van der Waals surface area contributed by atoms with Crippen LogP contribution in [0.2, 0.25) is 5.02 Å². The summed E-state index contributed by atoms with van der Waals surface area (Å²) in [6.45, 7) is 5.26. The first-order valence-corrected chi connectivity index (χ1v) is 10.8. The second-order valence-electron chi connectivity index (χ2n) is 6.68. The fraction of sp³-hybridized carbons (Fsp3) is 0.316. The van der Waals surface area contributed by atoms with Crippen LogP contribution in [-0.4, -0.2) is 50.7 Å². The first kappa shape index (κ1) is 19.0. The molecule has 0 aliphatic carbocycles. The SMILES string of the molecule is COc1cc(C)c(Cl)cc1S(=O)(=O)n1cnc2c(N3CCNCC3)cccc21. The van der Waals surface area contributed by atoms with Crippen LogP contribution in [0.4, 0.5) is 5.69 Å². The third-order valence-corrected chi connectivity index (χ3v) is 7.05. The maximum atomic E-state index is 13.4. The number of anilines is 1. The highest BCUT2D eigenvalue weighted by Crippen LogP contribution is 2.34. The van der Waals surface area contributed by atoms with Gasteiger partial charge in [-0.3, -0.25) is 0 Å². The van der Waals surface area contributed by atoms with E-state index in [0.717, 1.165) is 37.4 Å². The minimum absolute atomic E-state index is 0.0116. The Morgan fingerprint density at radius 3 is 2.68 bits per heavy atom. The standard InChI is InChI=1S/C19H21ClN4O3S/c1-13-10-17(27-2)18(11-14(13)20)28(25,26)24-12-22-19-15(4-3-5-16(19)24)23-8-6-21-7-9-23/h3-5,10-12,21H,6-9H2,1-2H3. The third kappa shape index (κ3) is 3.11. The number of rotatable bonds is 4. The van der Waals surface area contributed by atoms with E-state index < -0.39 is 10.0 Å². The molecule has 0 atom stereocenters. The van der Waals surface area contributed by atoms with Crippen molar-refractivity contribution in [2.24, 2.45) is 0 Å². The van der Waals surface area contributed by atoms with Gasteiger partial charge in [0.1, 0.15) is 22.5 Å². The number of ether oxygens (including phenoxy) is 1. The summed E-state index contributed by atoms with van der Waals surface area (Å²) < 4.78 is 33.3. The lowest BCUT2D eigenvalue weighted by Gasteiger charge is -2.29. The molecule has 0 unspecified atom stereocenters. The summed E-state index contributed by atoms with van der Waals surface area (Å²) in [6.07, 6.45) is 1.35. The Bertz CT molecular complexity index is 1140. The lowest BCUT2D eigenvalue weighted by molar-refractivity contribution is 0.402. The molecule has 0 bridgehead atoms. The molecule has 0 radical (unpaired) electrons. The van der Waals surface area contributed by atoms with Crippen molar-refractivity contribution < 1.29 is 13.2 Å². The molecule has 28 heavy (non-hydrogen) atoms. The molecule has 0 amide bonds. The molecule has 3 aromatic rings. The van der Waals surface area contributed by atoms with Crippen molar-refractivity contribution in [1.29, 1.82) is 0 Å². The zero-order chi connectivity index (χ0) is 19.9. The van der Waals surface area contributed by atoms with E-state index >= 15 is 0 Å². The zero-order valence-corrected chi connectivity index (χ0v) is 17.2. The molecule has 7 nitrogen and oxygen atoms in total. The van der Waals surface area contributed by atoms with Crippen molar-refractivity contribution in [2.75, 3.05) is 38.2 Å². The number of hydrogen-bond donors (Lipinski definition) is 1. The Kier molecular flexibility index (Phi) is 4.95.